The van der Waals surface area contributed by atoms with Gasteiger partial charge in [-0.1, -0.05) is 0 Å². The summed E-state index contributed by atoms with van der Waals surface area (Å²) in [6.45, 7) is 4.01. The molecule has 78 valence electrons. The molecule has 0 fully saturated rings. The molecular formula is C9H18O4. The van der Waals surface area contributed by atoms with Gasteiger partial charge in [-0.25, -0.2) is 0 Å². The first-order valence-electron chi connectivity index (χ1n) is 4.53. The summed E-state index contributed by atoms with van der Waals surface area (Å²) in [5.74, 6) is -0.155. The van der Waals surface area contributed by atoms with Crippen LogP contribution in [0.25, 0.3) is 0 Å². The van der Waals surface area contributed by atoms with E-state index in [0.29, 0.717) is 39.3 Å². The van der Waals surface area contributed by atoms with Crippen molar-refractivity contribution in [3.8, 4) is 0 Å². The monoisotopic (exact) mass is 190 g/mol. The maximum Gasteiger partial charge on any atom is 0.305 e. The van der Waals surface area contributed by atoms with Gasteiger partial charge in [-0.05, 0) is 13.3 Å². The van der Waals surface area contributed by atoms with E-state index in [4.69, 9.17) is 14.2 Å². The number of carbonyl (C=O) groups is 1. The van der Waals surface area contributed by atoms with E-state index in [1.165, 1.54) is 0 Å². The normalized spacial score (nSPS) is 10.0. The number of esters is 1. The van der Waals surface area contributed by atoms with E-state index >= 15 is 0 Å². The van der Waals surface area contributed by atoms with Gasteiger partial charge in [-0.3, -0.25) is 4.79 Å². The molecule has 0 heterocycles. The number of rotatable bonds is 8. The van der Waals surface area contributed by atoms with Crippen LogP contribution in [0, 0.1) is 0 Å². The highest BCUT2D eigenvalue weighted by Crippen LogP contribution is 1.93. The van der Waals surface area contributed by atoms with Crippen LogP contribution in [0.1, 0.15) is 19.8 Å². The molecule has 4 heteroatoms. The Morgan fingerprint density at radius 1 is 1.23 bits per heavy atom. The average molecular weight is 190 g/mol. The quantitative estimate of drug-likeness (QED) is 0.423. The molecule has 0 bridgehead atoms. The lowest BCUT2D eigenvalue weighted by Crippen LogP contribution is -2.07. The fourth-order valence-electron chi connectivity index (χ4n) is 0.796. The Bertz CT molecular complexity index is 125. The Balaban J connectivity index is 3.02. The van der Waals surface area contributed by atoms with Gasteiger partial charge in [0.05, 0.1) is 19.8 Å². The molecule has 0 radical (unpaired) electrons. The lowest BCUT2D eigenvalue weighted by atomic mass is 10.3. The summed E-state index contributed by atoms with van der Waals surface area (Å²) in [6, 6.07) is 0. The maximum atomic E-state index is 10.8. The molecule has 4 nitrogen and oxygen atoms in total. The first-order valence-corrected chi connectivity index (χ1v) is 4.53. The third kappa shape index (κ3) is 9.30. The second-order valence-electron chi connectivity index (χ2n) is 2.51. The van der Waals surface area contributed by atoms with Gasteiger partial charge < -0.3 is 14.2 Å². The molecule has 0 saturated heterocycles. The largest absolute Gasteiger partial charge is 0.466 e. The van der Waals surface area contributed by atoms with Crippen LogP contribution in [-0.2, 0) is 19.0 Å². The smallest absolute Gasteiger partial charge is 0.305 e. The van der Waals surface area contributed by atoms with Gasteiger partial charge in [-0.15, -0.1) is 0 Å². The summed E-state index contributed by atoms with van der Waals surface area (Å²) in [5, 5.41) is 0. The number of carbonyl (C=O) groups excluding carboxylic acids is 1. The van der Waals surface area contributed by atoms with Gasteiger partial charge in [0, 0.05) is 20.1 Å². The van der Waals surface area contributed by atoms with E-state index in [-0.39, 0.29) is 5.97 Å². The van der Waals surface area contributed by atoms with Crippen molar-refractivity contribution < 1.29 is 19.0 Å². The maximum absolute atomic E-state index is 10.8. The minimum absolute atomic E-state index is 0.155. The Morgan fingerprint density at radius 3 is 2.62 bits per heavy atom. The highest BCUT2D eigenvalue weighted by molar-refractivity contribution is 5.69. The summed E-state index contributed by atoms with van der Waals surface area (Å²) in [5.41, 5.74) is 0. The van der Waals surface area contributed by atoms with Crippen LogP contribution in [0.3, 0.4) is 0 Å². The molecule has 0 aromatic carbocycles. The molecule has 0 atom stereocenters. The summed E-state index contributed by atoms with van der Waals surface area (Å²) >= 11 is 0. The minimum atomic E-state index is -0.155. The summed E-state index contributed by atoms with van der Waals surface area (Å²) < 4.78 is 14.7. The lowest BCUT2D eigenvalue weighted by Gasteiger charge is -2.03. The van der Waals surface area contributed by atoms with Gasteiger partial charge in [0.2, 0.25) is 0 Å². The van der Waals surface area contributed by atoms with Crippen LogP contribution in [0.2, 0.25) is 0 Å². The fraction of sp³-hybridized carbons (Fsp3) is 0.889. The first-order chi connectivity index (χ1) is 6.31. The number of hydrogen-bond donors (Lipinski definition) is 0. The van der Waals surface area contributed by atoms with Crippen molar-refractivity contribution in [1.29, 1.82) is 0 Å². The Kier molecular flexibility index (Phi) is 9.03. The molecule has 0 N–H and O–H groups in total. The van der Waals surface area contributed by atoms with Crippen molar-refractivity contribution in [3.63, 3.8) is 0 Å². The van der Waals surface area contributed by atoms with Gasteiger partial charge in [0.15, 0.2) is 0 Å². The second-order valence-corrected chi connectivity index (χ2v) is 2.51. The summed E-state index contributed by atoms with van der Waals surface area (Å²) in [7, 11) is 1.63. The van der Waals surface area contributed by atoms with Crippen LogP contribution in [0.5, 0.6) is 0 Å². The van der Waals surface area contributed by atoms with E-state index in [1.54, 1.807) is 14.0 Å². The molecule has 0 aromatic rings. The van der Waals surface area contributed by atoms with Crippen molar-refractivity contribution in [1.82, 2.24) is 0 Å². The highest BCUT2D eigenvalue weighted by atomic mass is 16.5. The van der Waals surface area contributed by atoms with Crippen molar-refractivity contribution in [2.45, 2.75) is 19.8 Å². The zero-order valence-electron chi connectivity index (χ0n) is 8.38. The van der Waals surface area contributed by atoms with Crippen molar-refractivity contribution in [3.05, 3.63) is 0 Å². The van der Waals surface area contributed by atoms with E-state index in [9.17, 15) is 4.79 Å². The zero-order chi connectivity index (χ0) is 9.94. The molecule has 0 spiro atoms. The minimum Gasteiger partial charge on any atom is -0.466 e. The molecule has 0 aliphatic rings. The molecule has 0 saturated carbocycles. The molecule has 0 unspecified atom stereocenters. The van der Waals surface area contributed by atoms with Crippen LogP contribution < -0.4 is 0 Å². The number of methoxy groups -OCH3 is 1. The Morgan fingerprint density at radius 2 is 2.00 bits per heavy atom. The second kappa shape index (κ2) is 9.48. The third-order valence-corrected chi connectivity index (χ3v) is 1.41. The van der Waals surface area contributed by atoms with Crippen LogP contribution in [0.4, 0.5) is 0 Å². The molecule has 0 aromatic heterocycles. The van der Waals surface area contributed by atoms with Crippen LogP contribution in [-0.4, -0.2) is 39.5 Å². The Hall–Kier alpha value is -0.610. The number of hydrogen-bond acceptors (Lipinski definition) is 4. The zero-order valence-corrected chi connectivity index (χ0v) is 8.38. The van der Waals surface area contributed by atoms with E-state index in [0.717, 1.165) is 0 Å². The van der Waals surface area contributed by atoms with Crippen molar-refractivity contribution in [2.24, 2.45) is 0 Å². The number of ether oxygens (including phenoxy) is 3. The highest BCUT2D eigenvalue weighted by Gasteiger charge is 1.99. The molecule has 0 aliphatic carbocycles. The molecule has 0 amide bonds. The van der Waals surface area contributed by atoms with Crippen LogP contribution in [0.15, 0.2) is 0 Å². The first kappa shape index (κ1) is 12.4. The summed E-state index contributed by atoms with van der Waals surface area (Å²) in [6.07, 6.45) is 1.14. The SMILES string of the molecule is CCOC(=O)CCCOCCOC. The fourth-order valence-corrected chi connectivity index (χ4v) is 0.796. The Labute approximate surface area is 79.2 Å². The topological polar surface area (TPSA) is 44.8 Å². The van der Waals surface area contributed by atoms with E-state index in [1.807, 2.05) is 0 Å². The van der Waals surface area contributed by atoms with Gasteiger partial charge in [0.25, 0.3) is 0 Å². The summed E-state index contributed by atoms with van der Waals surface area (Å²) in [4.78, 5) is 10.8. The van der Waals surface area contributed by atoms with E-state index < -0.39 is 0 Å². The molecule has 0 rings (SSSR count). The van der Waals surface area contributed by atoms with Gasteiger partial charge in [0.1, 0.15) is 0 Å². The average Bonchev–Trinajstić information content (AvgIpc) is 2.11. The predicted octanol–water partition coefficient (Wildman–Crippen LogP) is 0.993. The van der Waals surface area contributed by atoms with E-state index in [2.05, 4.69) is 0 Å². The molecular weight excluding hydrogens is 172 g/mol. The molecule has 0 aliphatic heterocycles. The predicted molar refractivity (Wildman–Crippen MR) is 48.6 cm³/mol. The lowest BCUT2D eigenvalue weighted by molar-refractivity contribution is -0.143. The standard InChI is InChI=1S/C9H18O4/c1-3-13-9(10)5-4-6-12-8-7-11-2/h3-8H2,1-2H3. The third-order valence-electron chi connectivity index (χ3n) is 1.41. The van der Waals surface area contributed by atoms with Crippen molar-refractivity contribution >= 4 is 5.97 Å². The van der Waals surface area contributed by atoms with Crippen LogP contribution >= 0.6 is 0 Å². The van der Waals surface area contributed by atoms with Gasteiger partial charge >= 0.3 is 5.97 Å². The van der Waals surface area contributed by atoms with Gasteiger partial charge in [-0.2, -0.15) is 0 Å². The van der Waals surface area contributed by atoms with Crippen molar-refractivity contribution in [2.75, 3.05) is 33.5 Å². The molecule has 13 heavy (non-hydrogen) atoms.